The molecule has 1 aromatic carbocycles. The van der Waals surface area contributed by atoms with Crippen molar-refractivity contribution in [1.29, 1.82) is 0 Å². The number of carbonyl (C=O) groups is 1. The highest BCUT2D eigenvalue weighted by molar-refractivity contribution is 5.87. The molecule has 1 rings (SSSR count). The van der Waals surface area contributed by atoms with Gasteiger partial charge in [0.25, 0.3) is 0 Å². The van der Waals surface area contributed by atoms with E-state index in [1.54, 1.807) is 12.2 Å². The van der Waals surface area contributed by atoms with Gasteiger partial charge in [0.15, 0.2) is 0 Å². The van der Waals surface area contributed by atoms with Gasteiger partial charge in [-0.1, -0.05) is 36.8 Å². The summed E-state index contributed by atoms with van der Waals surface area (Å²) in [5.74, 6) is -0.536. The van der Waals surface area contributed by atoms with E-state index in [1.807, 2.05) is 30.3 Å². The van der Waals surface area contributed by atoms with Crippen molar-refractivity contribution in [2.75, 3.05) is 0 Å². The lowest BCUT2D eigenvalue weighted by molar-refractivity contribution is -0.131. The van der Waals surface area contributed by atoms with Crippen LogP contribution in [0.5, 0.6) is 0 Å². The number of rotatable bonds is 2. The molecular weight excluding hydrogens is 164 g/mol. The van der Waals surface area contributed by atoms with Crippen molar-refractivity contribution >= 4 is 12.0 Å². The fourth-order valence-electron chi connectivity index (χ4n) is 0.821. The lowest BCUT2D eigenvalue weighted by atomic mass is 10.2. The summed E-state index contributed by atoms with van der Waals surface area (Å²) in [7, 11) is 0. The van der Waals surface area contributed by atoms with E-state index in [4.69, 9.17) is 6.42 Å². The summed E-state index contributed by atoms with van der Waals surface area (Å²) in [6.07, 6.45) is 9.50. The van der Waals surface area contributed by atoms with Crippen LogP contribution in [0, 0.1) is 12.5 Å². The fraction of sp³-hybridized carbons (Fsp3) is 0. The van der Waals surface area contributed by atoms with Crippen LogP contribution < -0.4 is 0 Å². The van der Waals surface area contributed by atoms with Crippen LogP contribution in [0.1, 0.15) is 5.56 Å². The SMILES string of the molecule is C#COC(=O)C=Cc1ccccc1. The van der Waals surface area contributed by atoms with Crippen molar-refractivity contribution in [3.05, 3.63) is 42.0 Å². The van der Waals surface area contributed by atoms with Crippen molar-refractivity contribution < 1.29 is 9.53 Å². The van der Waals surface area contributed by atoms with Crippen LogP contribution in [-0.4, -0.2) is 5.97 Å². The standard InChI is InChI=1S/C11H8O2/c1-2-13-11(12)9-8-10-6-4-3-5-7-10/h1,3-9H. The molecule has 0 spiro atoms. The minimum atomic E-state index is -0.536. The number of carbonyl (C=O) groups excluding carboxylic acids is 1. The van der Waals surface area contributed by atoms with Crippen molar-refractivity contribution in [2.24, 2.45) is 0 Å². The van der Waals surface area contributed by atoms with Gasteiger partial charge < -0.3 is 4.74 Å². The van der Waals surface area contributed by atoms with E-state index in [2.05, 4.69) is 4.74 Å². The maximum absolute atomic E-state index is 10.8. The first-order chi connectivity index (χ1) is 6.33. The highest BCUT2D eigenvalue weighted by Gasteiger charge is 1.92. The maximum Gasteiger partial charge on any atom is 0.344 e. The summed E-state index contributed by atoms with van der Waals surface area (Å²) in [6, 6.07) is 9.41. The van der Waals surface area contributed by atoms with E-state index in [9.17, 15) is 4.79 Å². The van der Waals surface area contributed by atoms with Crippen LogP contribution in [0.3, 0.4) is 0 Å². The molecule has 2 heteroatoms. The number of esters is 1. The van der Waals surface area contributed by atoms with Gasteiger partial charge >= 0.3 is 5.97 Å². The Labute approximate surface area is 76.8 Å². The summed E-state index contributed by atoms with van der Waals surface area (Å²) in [6.45, 7) is 0. The Kier molecular flexibility index (Phi) is 3.34. The molecule has 0 atom stereocenters. The van der Waals surface area contributed by atoms with Gasteiger partial charge in [-0.05, 0) is 11.6 Å². The molecule has 0 aliphatic carbocycles. The van der Waals surface area contributed by atoms with E-state index in [0.29, 0.717) is 0 Å². The Morgan fingerprint density at radius 3 is 2.69 bits per heavy atom. The summed E-state index contributed by atoms with van der Waals surface area (Å²) in [5.41, 5.74) is 0.927. The molecule has 1 aromatic rings. The predicted octanol–water partition coefficient (Wildman–Crippen LogP) is 1.83. The maximum atomic E-state index is 10.8. The first-order valence-electron chi connectivity index (χ1n) is 3.72. The molecule has 0 radical (unpaired) electrons. The molecule has 0 aliphatic heterocycles. The van der Waals surface area contributed by atoms with E-state index in [0.717, 1.165) is 5.56 Å². The second kappa shape index (κ2) is 4.78. The Bertz CT molecular complexity index is 344. The lowest BCUT2D eigenvalue weighted by Gasteiger charge is -1.90. The highest BCUT2D eigenvalue weighted by Crippen LogP contribution is 2.00. The summed E-state index contributed by atoms with van der Waals surface area (Å²) < 4.78 is 4.27. The molecule has 0 bridgehead atoms. The third kappa shape index (κ3) is 3.26. The molecule has 0 amide bonds. The van der Waals surface area contributed by atoms with Gasteiger partial charge in [0.2, 0.25) is 0 Å². The fourth-order valence-corrected chi connectivity index (χ4v) is 0.821. The van der Waals surface area contributed by atoms with Gasteiger partial charge in [-0.2, -0.15) is 0 Å². The van der Waals surface area contributed by atoms with Crippen LogP contribution in [0.15, 0.2) is 36.4 Å². The molecule has 0 saturated carbocycles. The largest absolute Gasteiger partial charge is 0.369 e. The topological polar surface area (TPSA) is 26.3 Å². The van der Waals surface area contributed by atoms with Crippen molar-refractivity contribution in [2.45, 2.75) is 0 Å². The van der Waals surface area contributed by atoms with Gasteiger partial charge in [-0.25, -0.2) is 4.79 Å². The average Bonchev–Trinajstić information content (AvgIpc) is 2.17. The molecule has 2 nitrogen and oxygen atoms in total. The van der Waals surface area contributed by atoms with Crippen molar-refractivity contribution in [3.63, 3.8) is 0 Å². The predicted molar refractivity (Wildman–Crippen MR) is 50.4 cm³/mol. The summed E-state index contributed by atoms with van der Waals surface area (Å²) >= 11 is 0. The minimum absolute atomic E-state index is 0.536. The zero-order valence-corrected chi connectivity index (χ0v) is 6.94. The summed E-state index contributed by atoms with van der Waals surface area (Å²) in [4.78, 5) is 10.8. The number of hydrogen-bond donors (Lipinski definition) is 0. The smallest absolute Gasteiger partial charge is 0.344 e. The van der Waals surface area contributed by atoms with E-state index in [1.165, 1.54) is 6.08 Å². The zero-order chi connectivity index (χ0) is 9.52. The number of hydrogen-bond acceptors (Lipinski definition) is 2. The van der Waals surface area contributed by atoms with Crippen LogP contribution in [-0.2, 0) is 9.53 Å². The Morgan fingerprint density at radius 1 is 1.38 bits per heavy atom. The third-order valence-electron chi connectivity index (χ3n) is 1.37. The van der Waals surface area contributed by atoms with Crippen LogP contribution >= 0.6 is 0 Å². The second-order valence-electron chi connectivity index (χ2n) is 2.28. The molecule has 0 unspecified atom stereocenters. The van der Waals surface area contributed by atoms with Crippen molar-refractivity contribution in [3.8, 4) is 12.5 Å². The van der Waals surface area contributed by atoms with E-state index in [-0.39, 0.29) is 0 Å². The molecule has 0 aliphatic rings. The lowest BCUT2D eigenvalue weighted by Crippen LogP contribution is -1.92. The molecule has 0 aromatic heterocycles. The molecule has 0 heterocycles. The molecular formula is C11H8O2. The number of benzene rings is 1. The van der Waals surface area contributed by atoms with E-state index >= 15 is 0 Å². The van der Waals surface area contributed by atoms with E-state index < -0.39 is 5.97 Å². The van der Waals surface area contributed by atoms with Crippen LogP contribution in [0.2, 0.25) is 0 Å². The first-order valence-corrected chi connectivity index (χ1v) is 3.72. The highest BCUT2D eigenvalue weighted by atomic mass is 16.5. The molecule has 64 valence electrons. The van der Waals surface area contributed by atoms with Crippen LogP contribution in [0.4, 0.5) is 0 Å². The summed E-state index contributed by atoms with van der Waals surface area (Å²) in [5, 5.41) is 0. The average molecular weight is 172 g/mol. The Balaban J connectivity index is 2.60. The third-order valence-corrected chi connectivity index (χ3v) is 1.37. The first kappa shape index (κ1) is 9.08. The normalized spacial score (nSPS) is 9.46. The molecule has 0 saturated heterocycles. The molecule has 0 fully saturated rings. The molecule has 0 N–H and O–H groups in total. The Hall–Kier alpha value is -2.01. The quantitative estimate of drug-likeness (QED) is 0.386. The molecule has 13 heavy (non-hydrogen) atoms. The minimum Gasteiger partial charge on any atom is -0.369 e. The van der Waals surface area contributed by atoms with Gasteiger partial charge in [-0.15, -0.1) is 0 Å². The Morgan fingerprint density at radius 2 is 2.08 bits per heavy atom. The van der Waals surface area contributed by atoms with Crippen molar-refractivity contribution in [1.82, 2.24) is 0 Å². The number of terminal acetylenes is 1. The van der Waals surface area contributed by atoms with Crippen LogP contribution in [0.25, 0.3) is 6.08 Å². The van der Waals surface area contributed by atoms with Gasteiger partial charge in [0.05, 0.1) is 0 Å². The number of ether oxygens (including phenoxy) is 1. The second-order valence-corrected chi connectivity index (χ2v) is 2.28. The monoisotopic (exact) mass is 172 g/mol. The van der Waals surface area contributed by atoms with Gasteiger partial charge in [0, 0.05) is 6.08 Å². The van der Waals surface area contributed by atoms with Gasteiger partial charge in [0.1, 0.15) is 6.11 Å². The van der Waals surface area contributed by atoms with Gasteiger partial charge in [-0.3, -0.25) is 0 Å². The zero-order valence-electron chi connectivity index (χ0n) is 6.94.